The minimum atomic E-state index is 0.156. The number of hydrogen-bond acceptors (Lipinski definition) is 5. The Morgan fingerprint density at radius 1 is 1.00 bits per heavy atom. The second kappa shape index (κ2) is 10.8. The summed E-state index contributed by atoms with van der Waals surface area (Å²) in [7, 11) is 1.57. The maximum absolute atomic E-state index is 13.1. The Bertz CT molecular complexity index is 906. The van der Waals surface area contributed by atoms with Crippen molar-refractivity contribution < 1.29 is 9.63 Å². The van der Waals surface area contributed by atoms with Gasteiger partial charge in [-0.2, -0.15) is 0 Å². The molecule has 2 aromatic rings. The Morgan fingerprint density at radius 3 is 2.25 bits per heavy atom. The number of amides is 2. The molecule has 3 heterocycles. The number of oxime groups is 1. The van der Waals surface area contributed by atoms with Gasteiger partial charge in [-0.25, -0.2) is 4.79 Å². The molecule has 2 amide bonds. The van der Waals surface area contributed by atoms with E-state index in [-0.39, 0.29) is 11.9 Å². The zero-order valence-electron chi connectivity index (χ0n) is 18.5. The number of carbonyl (C=O) groups excluding carboxylic acids is 1. The molecule has 2 aliphatic rings. The first kappa shape index (κ1) is 22.6. The summed E-state index contributed by atoms with van der Waals surface area (Å²) in [6.07, 6.45) is 5.40. The molecule has 2 fully saturated rings. The number of piperazine rings is 1. The highest BCUT2D eigenvalue weighted by Crippen LogP contribution is 2.25. The summed E-state index contributed by atoms with van der Waals surface area (Å²) >= 11 is 6.03. The van der Waals surface area contributed by atoms with E-state index in [2.05, 4.69) is 15.0 Å². The van der Waals surface area contributed by atoms with Gasteiger partial charge in [0.15, 0.2) is 0 Å². The van der Waals surface area contributed by atoms with Crippen molar-refractivity contribution in [3.63, 3.8) is 0 Å². The van der Waals surface area contributed by atoms with E-state index in [0.717, 1.165) is 69.9 Å². The van der Waals surface area contributed by atoms with Gasteiger partial charge < -0.3 is 14.6 Å². The molecule has 2 aliphatic heterocycles. The van der Waals surface area contributed by atoms with Gasteiger partial charge in [0.1, 0.15) is 7.11 Å². The van der Waals surface area contributed by atoms with Crippen LogP contribution in [0.5, 0.6) is 0 Å². The number of hydrogen-bond donors (Lipinski definition) is 0. The van der Waals surface area contributed by atoms with Crippen molar-refractivity contribution in [1.29, 1.82) is 0 Å². The molecule has 1 aromatic heterocycles. The lowest BCUT2D eigenvalue weighted by Crippen LogP contribution is -2.54. The molecule has 0 atom stereocenters. The van der Waals surface area contributed by atoms with E-state index in [0.29, 0.717) is 5.02 Å². The Hall–Kier alpha value is -2.64. The topological polar surface area (TPSA) is 61.3 Å². The van der Waals surface area contributed by atoms with E-state index in [1.807, 2.05) is 58.6 Å². The van der Waals surface area contributed by atoms with Crippen LogP contribution in [0.3, 0.4) is 0 Å². The Labute approximate surface area is 194 Å². The molecule has 32 heavy (non-hydrogen) atoms. The fraction of sp³-hybridized carbons (Fsp3) is 0.458. The van der Waals surface area contributed by atoms with Gasteiger partial charge in [-0.3, -0.25) is 9.88 Å². The molecule has 0 bridgehead atoms. The lowest BCUT2D eigenvalue weighted by atomic mass is 9.88. The number of aromatic nitrogens is 1. The summed E-state index contributed by atoms with van der Waals surface area (Å²) in [5.41, 5.74) is 3.21. The highest BCUT2D eigenvalue weighted by atomic mass is 35.5. The van der Waals surface area contributed by atoms with Gasteiger partial charge in [0.05, 0.1) is 5.71 Å². The van der Waals surface area contributed by atoms with Crippen LogP contribution in [0.1, 0.15) is 24.0 Å². The molecule has 7 nitrogen and oxygen atoms in total. The second-order valence-corrected chi connectivity index (χ2v) is 8.76. The van der Waals surface area contributed by atoms with E-state index < -0.39 is 0 Å². The van der Waals surface area contributed by atoms with Crippen molar-refractivity contribution in [2.45, 2.75) is 19.4 Å². The molecule has 0 aliphatic carbocycles. The van der Waals surface area contributed by atoms with E-state index in [4.69, 9.17) is 16.4 Å². The Morgan fingerprint density at radius 2 is 1.62 bits per heavy atom. The molecule has 0 spiro atoms. The number of likely N-dealkylation sites (tertiary alicyclic amines) is 1. The highest BCUT2D eigenvalue weighted by molar-refractivity contribution is 6.30. The summed E-state index contributed by atoms with van der Waals surface area (Å²) in [4.78, 5) is 28.7. The monoisotopic (exact) mass is 455 g/mol. The van der Waals surface area contributed by atoms with E-state index >= 15 is 0 Å². The largest absolute Gasteiger partial charge is 0.399 e. The fourth-order valence-electron chi connectivity index (χ4n) is 4.47. The number of piperidine rings is 1. The zero-order valence-corrected chi connectivity index (χ0v) is 19.2. The number of nitrogens with zero attached hydrogens (tertiary/aromatic N) is 5. The number of rotatable bonds is 5. The molecule has 0 N–H and O–H groups in total. The standard InChI is InChI=1S/C24H30ClN5O2/c1-32-27-23(20-2-4-22(25)5-3-20)21-8-12-29(13-9-21)24(31)30-16-14-28(15-17-30)18-19-6-10-26-11-7-19/h2-7,10-11,21H,8-9,12-18H2,1H3/b27-23-. The van der Waals surface area contributed by atoms with Gasteiger partial charge in [0.25, 0.3) is 0 Å². The fourth-order valence-corrected chi connectivity index (χ4v) is 4.60. The van der Waals surface area contributed by atoms with Crippen LogP contribution in [-0.2, 0) is 11.4 Å². The van der Waals surface area contributed by atoms with Gasteiger partial charge in [-0.05, 0) is 48.2 Å². The van der Waals surface area contributed by atoms with Crippen LogP contribution < -0.4 is 0 Å². The summed E-state index contributed by atoms with van der Waals surface area (Å²) in [6.45, 7) is 5.70. The third-order valence-corrected chi connectivity index (χ3v) is 6.53. The molecule has 4 rings (SSSR count). The van der Waals surface area contributed by atoms with E-state index in [9.17, 15) is 4.79 Å². The Kier molecular flexibility index (Phi) is 7.60. The van der Waals surface area contributed by atoms with Gasteiger partial charge in [-0.1, -0.05) is 28.9 Å². The van der Waals surface area contributed by atoms with Gasteiger partial charge in [0.2, 0.25) is 0 Å². The zero-order chi connectivity index (χ0) is 22.3. The van der Waals surface area contributed by atoms with E-state index in [1.54, 1.807) is 7.11 Å². The summed E-state index contributed by atoms with van der Waals surface area (Å²) in [5.74, 6) is 0.261. The van der Waals surface area contributed by atoms with Crippen molar-refractivity contribution in [3.8, 4) is 0 Å². The first-order valence-corrected chi connectivity index (χ1v) is 11.5. The van der Waals surface area contributed by atoms with Crippen LogP contribution in [0.2, 0.25) is 5.02 Å². The van der Waals surface area contributed by atoms with Gasteiger partial charge in [-0.15, -0.1) is 0 Å². The number of halogens is 1. The van der Waals surface area contributed by atoms with Crippen molar-refractivity contribution in [1.82, 2.24) is 19.7 Å². The summed E-state index contributed by atoms with van der Waals surface area (Å²) in [6, 6.07) is 11.9. The first-order valence-electron chi connectivity index (χ1n) is 11.2. The molecule has 0 unspecified atom stereocenters. The van der Waals surface area contributed by atoms with Crippen molar-refractivity contribution in [2.24, 2.45) is 11.1 Å². The average molecular weight is 456 g/mol. The number of pyridine rings is 1. The van der Waals surface area contributed by atoms with Crippen molar-refractivity contribution in [2.75, 3.05) is 46.4 Å². The lowest BCUT2D eigenvalue weighted by molar-refractivity contribution is 0.102. The second-order valence-electron chi connectivity index (χ2n) is 8.33. The highest BCUT2D eigenvalue weighted by Gasteiger charge is 2.31. The van der Waals surface area contributed by atoms with Crippen molar-refractivity contribution in [3.05, 3.63) is 64.9 Å². The SMILES string of the molecule is CO/N=C(/c1ccc(Cl)cc1)C1CCN(C(=O)N2CCN(Cc3ccncc3)CC2)CC1. The molecule has 0 radical (unpaired) electrons. The Balaban J connectivity index is 1.28. The van der Waals surface area contributed by atoms with Crippen LogP contribution in [-0.4, -0.2) is 77.8 Å². The van der Waals surface area contributed by atoms with Crippen LogP contribution >= 0.6 is 11.6 Å². The molecule has 170 valence electrons. The average Bonchev–Trinajstić information content (AvgIpc) is 2.84. The number of urea groups is 1. The lowest BCUT2D eigenvalue weighted by Gasteiger charge is -2.39. The smallest absolute Gasteiger partial charge is 0.320 e. The van der Waals surface area contributed by atoms with Gasteiger partial charge >= 0.3 is 6.03 Å². The molecule has 8 heteroatoms. The first-order chi connectivity index (χ1) is 15.6. The van der Waals surface area contributed by atoms with Crippen LogP contribution in [0.15, 0.2) is 53.9 Å². The molecular weight excluding hydrogens is 426 g/mol. The molecule has 1 aromatic carbocycles. The molecular formula is C24H30ClN5O2. The quantitative estimate of drug-likeness (QED) is 0.509. The van der Waals surface area contributed by atoms with Crippen LogP contribution in [0.25, 0.3) is 0 Å². The minimum absolute atomic E-state index is 0.156. The number of benzene rings is 1. The third-order valence-electron chi connectivity index (χ3n) is 6.28. The van der Waals surface area contributed by atoms with Gasteiger partial charge in [0, 0.05) is 69.1 Å². The predicted octanol–water partition coefficient (Wildman–Crippen LogP) is 3.74. The maximum atomic E-state index is 13.1. The molecule has 2 saturated heterocycles. The van der Waals surface area contributed by atoms with Crippen LogP contribution in [0, 0.1) is 5.92 Å². The van der Waals surface area contributed by atoms with Crippen LogP contribution in [0.4, 0.5) is 4.79 Å². The minimum Gasteiger partial charge on any atom is -0.399 e. The third kappa shape index (κ3) is 5.58. The summed E-state index contributed by atoms with van der Waals surface area (Å²) < 4.78 is 0. The van der Waals surface area contributed by atoms with Crippen molar-refractivity contribution >= 4 is 23.3 Å². The normalized spacial score (nSPS) is 18.6. The predicted molar refractivity (Wildman–Crippen MR) is 126 cm³/mol. The maximum Gasteiger partial charge on any atom is 0.320 e. The van der Waals surface area contributed by atoms with E-state index in [1.165, 1.54) is 5.56 Å². The molecule has 0 saturated carbocycles. The number of carbonyl (C=O) groups is 1. The summed E-state index contributed by atoms with van der Waals surface area (Å²) in [5, 5.41) is 5.00.